The molecule has 0 aliphatic heterocycles. The highest BCUT2D eigenvalue weighted by Crippen LogP contribution is 2.16. The van der Waals surface area contributed by atoms with E-state index in [9.17, 15) is 4.79 Å². The first-order valence-corrected chi connectivity index (χ1v) is 5.45. The Hall–Kier alpha value is -0.830. The molecule has 0 amide bonds. The maximum absolute atomic E-state index is 11.4. The van der Waals surface area contributed by atoms with Crippen LogP contribution in [-0.4, -0.2) is 17.0 Å². The number of ketones is 1. The molecule has 0 bridgehead atoms. The summed E-state index contributed by atoms with van der Waals surface area (Å²) in [6.45, 7) is 3.81. The Balaban J connectivity index is 3.05. The highest BCUT2D eigenvalue weighted by atomic mass is 32.2. The number of pyridine rings is 1. The highest BCUT2D eigenvalue weighted by Gasteiger charge is 2.07. The number of hydrogen-bond acceptors (Lipinski definition) is 3. The molecule has 2 nitrogen and oxygen atoms in total. The molecule has 0 atom stereocenters. The van der Waals surface area contributed by atoms with Gasteiger partial charge in [-0.15, -0.1) is 11.8 Å². The normalized spacial score (nSPS) is 10.1. The zero-order valence-electron chi connectivity index (χ0n) is 8.13. The van der Waals surface area contributed by atoms with Crippen LogP contribution in [0.25, 0.3) is 0 Å². The number of rotatable bonds is 3. The minimum atomic E-state index is 0.164. The van der Waals surface area contributed by atoms with Gasteiger partial charge in [0.1, 0.15) is 0 Å². The van der Waals surface area contributed by atoms with E-state index in [-0.39, 0.29) is 5.78 Å². The van der Waals surface area contributed by atoms with E-state index in [0.717, 1.165) is 16.2 Å². The topological polar surface area (TPSA) is 30.0 Å². The van der Waals surface area contributed by atoms with E-state index in [4.69, 9.17) is 0 Å². The maximum Gasteiger partial charge on any atom is 0.164 e. The number of nitrogens with zero attached hydrogens (tertiary/aromatic N) is 1. The fraction of sp³-hybridized carbons (Fsp3) is 0.400. The van der Waals surface area contributed by atoms with Gasteiger partial charge >= 0.3 is 0 Å². The van der Waals surface area contributed by atoms with E-state index in [1.54, 1.807) is 18.0 Å². The van der Waals surface area contributed by atoms with Crippen LogP contribution >= 0.6 is 11.8 Å². The lowest BCUT2D eigenvalue weighted by atomic mass is 10.1. The molecule has 1 heterocycles. The molecule has 0 N–H and O–H groups in total. The minimum Gasteiger partial charge on any atom is -0.294 e. The lowest BCUT2D eigenvalue weighted by Crippen LogP contribution is -2.00. The quantitative estimate of drug-likeness (QED) is 0.548. The second-order valence-corrected chi connectivity index (χ2v) is 3.64. The van der Waals surface area contributed by atoms with Crippen molar-refractivity contribution in [3.63, 3.8) is 0 Å². The molecule has 0 fully saturated rings. The van der Waals surface area contributed by atoms with Crippen molar-refractivity contribution in [2.45, 2.75) is 25.3 Å². The van der Waals surface area contributed by atoms with Crippen molar-refractivity contribution >= 4 is 17.5 Å². The summed E-state index contributed by atoms with van der Waals surface area (Å²) < 4.78 is 0. The molecule has 0 unspecified atom stereocenters. The largest absolute Gasteiger partial charge is 0.294 e. The smallest absolute Gasteiger partial charge is 0.164 e. The predicted molar refractivity (Wildman–Crippen MR) is 55.4 cm³/mol. The molecule has 0 spiro atoms. The summed E-state index contributed by atoms with van der Waals surface area (Å²) in [6.07, 6.45) is 4.19. The molecule has 0 aliphatic rings. The molecular formula is C10H13NOS. The number of hydrogen-bond donors (Lipinski definition) is 0. The van der Waals surface area contributed by atoms with Crippen LogP contribution in [-0.2, 0) is 0 Å². The Bertz CT molecular complexity index is 323. The molecule has 1 rings (SSSR count). The number of carbonyl (C=O) groups is 1. The summed E-state index contributed by atoms with van der Waals surface area (Å²) in [5.41, 5.74) is 1.77. The first-order valence-electron chi connectivity index (χ1n) is 4.22. The van der Waals surface area contributed by atoms with Crippen molar-refractivity contribution in [3.8, 4) is 0 Å². The van der Waals surface area contributed by atoms with Crippen molar-refractivity contribution in [1.29, 1.82) is 0 Å². The SMILES string of the molecule is CCC(=O)c1cnc(SC)cc1C. The summed E-state index contributed by atoms with van der Waals surface area (Å²) in [5, 5.41) is 0.963. The number of Topliss-reactive ketones (excluding diaryl/α,β-unsaturated/α-hetero) is 1. The van der Waals surface area contributed by atoms with Gasteiger partial charge in [-0.25, -0.2) is 4.98 Å². The number of carbonyl (C=O) groups excluding carboxylic acids is 1. The summed E-state index contributed by atoms with van der Waals surface area (Å²) in [5.74, 6) is 0.164. The second kappa shape index (κ2) is 4.42. The molecule has 0 aromatic carbocycles. The van der Waals surface area contributed by atoms with Crippen LogP contribution in [0.3, 0.4) is 0 Å². The summed E-state index contributed by atoms with van der Waals surface area (Å²) in [6, 6.07) is 1.95. The molecule has 1 aromatic rings. The zero-order valence-corrected chi connectivity index (χ0v) is 8.94. The molecule has 13 heavy (non-hydrogen) atoms. The monoisotopic (exact) mass is 195 g/mol. The second-order valence-electron chi connectivity index (χ2n) is 2.82. The number of aryl methyl sites for hydroxylation is 1. The fourth-order valence-electron chi connectivity index (χ4n) is 1.12. The van der Waals surface area contributed by atoms with Gasteiger partial charge in [-0.2, -0.15) is 0 Å². The van der Waals surface area contributed by atoms with Crippen LogP contribution in [0.4, 0.5) is 0 Å². The van der Waals surface area contributed by atoms with Crippen molar-refractivity contribution in [3.05, 3.63) is 23.4 Å². The summed E-state index contributed by atoms with van der Waals surface area (Å²) in [7, 11) is 0. The first kappa shape index (κ1) is 10.3. The van der Waals surface area contributed by atoms with Crippen molar-refractivity contribution < 1.29 is 4.79 Å². The van der Waals surface area contributed by atoms with E-state index in [2.05, 4.69) is 4.98 Å². The lowest BCUT2D eigenvalue weighted by Gasteiger charge is -2.03. The Morgan fingerprint density at radius 3 is 2.77 bits per heavy atom. The molecule has 0 aliphatic carbocycles. The van der Waals surface area contributed by atoms with Gasteiger partial charge < -0.3 is 0 Å². The number of thioether (sulfide) groups is 1. The van der Waals surface area contributed by atoms with E-state index in [0.29, 0.717) is 6.42 Å². The van der Waals surface area contributed by atoms with Crippen LogP contribution < -0.4 is 0 Å². The Labute approximate surface area is 82.8 Å². The van der Waals surface area contributed by atoms with E-state index >= 15 is 0 Å². The molecule has 0 saturated heterocycles. The standard InChI is InChI=1S/C10H13NOS/c1-4-9(12)8-6-11-10(13-3)5-7(8)2/h5-6H,4H2,1-3H3. The minimum absolute atomic E-state index is 0.164. The van der Waals surface area contributed by atoms with Gasteiger partial charge in [-0.1, -0.05) is 6.92 Å². The molecule has 0 radical (unpaired) electrons. The van der Waals surface area contributed by atoms with Crippen LogP contribution in [0.2, 0.25) is 0 Å². The Morgan fingerprint density at radius 2 is 2.31 bits per heavy atom. The van der Waals surface area contributed by atoms with Gasteiger partial charge in [-0.05, 0) is 24.8 Å². The summed E-state index contributed by atoms with van der Waals surface area (Å²) in [4.78, 5) is 15.6. The zero-order chi connectivity index (χ0) is 9.84. The third kappa shape index (κ3) is 2.31. The third-order valence-corrected chi connectivity index (χ3v) is 2.56. The van der Waals surface area contributed by atoms with E-state index in [1.807, 2.05) is 26.2 Å². The first-order chi connectivity index (χ1) is 6.19. The van der Waals surface area contributed by atoms with E-state index < -0.39 is 0 Å². The van der Waals surface area contributed by atoms with Gasteiger partial charge in [0.05, 0.1) is 5.03 Å². The molecular weight excluding hydrogens is 182 g/mol. The van der Waals surface area contributed by atoms with Crippen molar-refractivity contribution in [1.82, 2.24) is 4.98 Å². The van der Waals surface area contributed by atoms with E-state index in [1.165, 1.54) is 0 Å². The van der Waals surface area contributed by atoms with Crippen molar-refractivity contribution in [2.75, 3.05) is 6.26 Å². The van der Waals surface area contributed by atoms with Gasteiger partial charge in [0.15, 0.2) is 5.78 Å². The lowest BCUT2D eigenvalue weighted by molar-refractivity contribution is 0.0987. The van der Waals surface area contributed by atoms with Gasteiger partial charge in [-0.3, -0.25) is 4.79 Å². The van der Waals surface area contributed by atoms with Crippen molar-refractivity contribution in [2.24, 2.45) is 0 Å². The van der Waals surface area contributed by atoms with Crippen LogP contribution in [0.1, 0.15) is 29.3 Å². The average Bonchev–Trinajstić information content (AvgIpc) is 2.16. The summed E-state index contributed by atoms with van der Waals surface area (Å²) >= 11 is 1.59. The molecule has 70 valence electrons. The average molecular weight is 195 g/mol. The number of aromatic nitrogens is 1. The van der Waals surface area contributed by atoms with Crippen LogP contribution in [0.15, 0.2) is 17.3 Å². The van der Waals surface area contributed by atoms with Gasteiger partial charge in [0.2, 0.25) is 0 Å². The van der Waals surface area contributed by atoms with Gasteiger partial charge in [0.25, 0.3) is 0 Å². The third-order valence-electron chi connectivity index (χ3n) is 1.92. The maximum atomic E-state index is 11.4. The molecule has 1 aromatic heterocycles. The van der Waals surface area contributed by atoms with Crippen LogP contribution in [0.5, 0.6) is 0 Å². The van der Waals surface area contributed by atoms with Gasteiger partial charge in [0, 0.05) is 18.2 Å². The predicted octanol–water partition coefficient (Wildman–Crippen LogP) is 2.70. The molecule has 3 heteroatoms. The Morgan fingerprint density at radius 1 is 1.62 bits per heavy atom. The Kier molecular flexibility index (Phi) is 3.48. The van der Waals surface area contributed by atoms with Crippen LogP contribution in [0, 0.1) is 6.92 Å². The molecule has 0 saturated carbocycles. The fourth-order valence-corrected chi connectivity index (χ4v) is 1.58. The highest BCUT2D eigenvalue weighted by molar-refractivity contribution is 7.98.